The van der Waals surface area contributed by atoms with Gasteiger partial charge in [0.15, 0.2) is 12.4 Å². The molecule has 0 aromatic rings. The van der Waals surface area contributed by atoms with Crippen molar-refractivity contribution in [2.75, 3.05) is 0 Å². The van der Waals surface area contributed by atoms with E-state index in [0.717, 1.165) is 12.8 Å². The minimum absolute atomic E-state index is 0.0186. The lowest BCUT2D eigenvalue weighted by Gasteiger charge is -2.20. The lowest BCUT2D eigenvalue weighted by Crippen LogP contribution is -2.33. The van der Waals surface area contributed by atoms with Crippen molar-refractivity contribution >= 4 is 12.3 Å². The van der Waals surface area contributed by atoms with Crippen molar-refractivity contribution in [2.24, 2.45) is 5.92 Å². The molecular formula is C15H22O5. The van der Waals surface area contributed by atoms with E-state index in [-0.39, 0.29) is 35.3 Å². The Bertz CT molecular complexity index is 436. The normalized spacial score (nSPS) is 51.6. The first kappa shape index (κ1) is 14.0. The molecule has 0 radical (unpaired) electrons. The third-order valence-electron chi connectivity index (χ3n) is 5.10. The molecule has 0 aliphatic carbocycles. The minimum Gasteiger partial charge on any atom is -0.454 e. The lowest BCUT2D eigenvalue weighted by molar-refractivity contribution is -0.155. The Balaban J connectivity index is 1.74. The second-order valence-electron chi connectivity index (χ2n) is 6.76. The average molecular weight is 282 g/mol. The van der Waals surface area contributed by atoms with Gasteiger partial charge in [0.1, 0.15) is 0 Å². The van der Waals surface area contributed by atoms with E-state index in [2.05, 4.69) is 6.92 Å². The summed E-state index contributed by atoms with van der Waals surface area (Å²) in [5, 5.41) is 0. The molecule has 0 N–H and O–H groups in total. The predicted octanol–water partition coefficient (Wildman–Crippen LogP) is 1.62. The van der Waals surface area contributed by atoms with Crippen LogP contribution in [0, 0.1) is 5.92 Å². The molecule has 0 spiro atoms. The summed E-state index contributed by atoms with van der Waals surface area (Å²) >= 11 is 0. The fourth-order valence-corrected chi connectivity index (χ4v) is 3.41. The van der Waals surface area contributed by atoms with E-state index in [0.29, 0.717) is 19.1 Å². The summed E-state index contributed by atoms with van der Waals surface area (Å²) in [6, 6.07) is 0. The van der Waals surface area contributed by atoms with Gasteiger partial charge in [0, 0.05) is 12.3 Å². The van der Waals surface area contributed by atoms with Crippen LogP contribution in [0.4, 0.5) is 0 Å². The maximum atomic E-state index is 11.8. The van der Waals surface area contributed by atoms with Crippen LogP contribution in [0.3, 0.4) is 0 Å². The molecule has 6 atom stereocenters. The Kier molecular flexibility index (Phi) is 3.18. The van der Waals surface area contributed by atoms with Gasteiger partial charge >= 0.3 is 5.97 Å². The van der Waals surface area contributed by atoms with Gasteiger partial charge in [-0.3, -0.25) is 9.59 Å². The average Bonchev–Trinajstić information content (AvgIpc) is 3.27. The quantitative estimate of drug-likeness (QED) is 0.415. The van der Waals surface area contributed by atoms with Crippen LogP contribution in [0.5, 0.6) is 0 Å². The van der Waals surface area contributed by atoms with E-state index in [9.17, 15) is 9.59 Å². The molecule has 0 aromatic heterocycles. The van der Waals surface area contributed by atoms with E-state index in [1.807, 2.05) is 13.8 Å². The van der Waals surface area contributed by atoms with Crippen LogP contribution in [0.15, 0.2) is 0 Å². The molecule has 5 heteroatoms. The van der Waals surface area contributed by atoms with Crippen molar-refractivity contribution in [3.8, 4) is 0 Å². The van der Waals surface area contributed by atoms with Gasteiger partial charge in [-0.2, -0.15) is 0 Å². The summed E-state index contributed by atoms with van der Waals surface area (Å²) in [6.07, 6.45) is 3.01. The molecule has 3 aliphatic heterocycles. The predicted molar refractivity (Wildman–Crippen MR) is 70.1 cm³/mol. The van der Waals surface area contributed by atoms with E-state index in [4.69, 9.17) is 14.2 Å². The topological polar surface area (TPSA) is 68.4 Å². The van der Waals surface area contributed by atoms with Crippen molar-refractivity contribution < 1.29 is 23.8 Å². The van der Waals surface area contributed by atoms with Crippen LogP contribution in [0.1, 0.15) is 46.5 Å². The highest BCUT2D eigenvalue weighted by Gasteiger charge is 2.59. The first-order valence-electron chi connectivity index (χ1n) is 7.38. The molecule has 3 aliphatic rings. The van der Waals surface area contributed by atoms with E-state index >= 15 is 0 Å². The molecule has 3 rings (SSSR count). The smallest absolute Gasteiger partial charge is 0.306 e. The second-order valence-corrected chi connectivity index (χ2v) is 6.76. The Morgan fingerprint density at radius 2 is 1.95 bits per heavy atom. The van der Waals surface area contributed by atoms with Crippen LogP contribution >= 0.6 is 0 Å². The molecule has 3 fully saturated rings. The van der Waals surface area contributed by atoms with Crippen molar-refractivity contribution in [1.82, 2.24) is 0 Å². The first-order chi connectivity index (χ1) is 9.38. The highest BCUT2D eigenvalue weighted by Crippen LogP contribution is 2.50. The summed E-state index contributed by atoms with van der Waals surface area (Å²) in [7, 11) is 0. The Morgan fingerprint density at radius 3 is 2.65 bits per heavy atom. The molecular weight excluding hydrogens is 260 g/mol. The summed E-state index contributed by atoms with van der Waals surface area (Å²) in [5.74, 6) is -0.431. The number of ether oxygens (including phenoxy) is 3. The molecule has 0 aromatic carbocycles. The summed E-state index contributed by atoms with van der Waals surface area (Å²) in [4.78, 5) is 23.0. The van der Waals surface area contributed by atoms with Crippen molar-refractivity contribution in [3.05, 3.63) is 0 Å². The standard InChI is InChI=1S/C15H22O5/c1-9-10(8-16)18-12(17)5-7-14(2)11(19-14)4-6-15(3)13(9)20-15/h8-11,13H,4-7H2,1-3H3/t9-,10-,11+,13+,14+,15+/m0/s1. The SMILES string of the molecule is C[C@H]1[C@H](C=O)OC(=O)CC[C@@]2(C)O[C@@H]2CC[C@@]2(C)O[C@H]12. The Labute approximate surface area is 118 Å². The summed E-state index contributed by atoms with van der Waals surface area (Å²) < 4.78 is 16.8. The maximum Gasteiger partial charge on any atom is 0.306 e. The Hall–Kier alpha value is -0.940. The number of rotatable bonds is 1. The highest BCUT2D eigenvalue weighted by atomic mass is 16.6. The van der Waals surface area contributed by atoms with E-state index in [1.165, 1.54) is 0 Å². The number of cyclic esters (lactones) is 1. The highest BCUT2D eigenvalue weighted by molar-refractivity contribution is 5.73. The molecule has 0 saturated carbocycles. The van der Waals surface area contributed by atoms with Crippen LogP contribution < -0.4 is 0 Å². The van der Waals surface area contributed by atoms with Gasteiger partial charge in [0.25, 0.3) is 0 Å². The van der Waals surface area contributed by atoms with Crippen LogP contribution in [-0.2, 0) is 23.8 Å². The van der Waals surface area contributed by atoms with Crippen molar-refractivity contribution in [1.29, 1.82) is 0 Å². The molecule has 0 amide bonds. The molecule has 112 valence electrons. The second kappa shape index (κ2) is 4.53. The number of epoxide rings is 2. The van der Waals surface area contributed by atoms with Crippen LogP contribution in [0.2, 0.25) is 0 Å². The van der Waals surface area contributed by atoms with Crippen LogP contribution in [-0.4, -0.2) is 41.8 Å². The fourth-order valence-electron chi connectivity index (χ4n) is 3.41. The summed E-state index contributed by atoms with van der Waals surface area (Å²) in [6.45, 7) is 6.00. The molecule has 3 heterocycles. The zero-order valence-electron chi connectivity index (χ0n) is 12.3. The third kappa shape index (κ3) is 2.37. The number of esters is 1. The number of aldehydes is 1. The fraction of sp³-hybridized carbons (Fsp3) is 0.867. The number of hydrogen-bond donors (Lipinski definition) is 0. The van der Waals surface area contributed by atoms with Gasteiger partial charge in [-0.1, -0.05) is 6.92 Å². The van der Waals surface area contributed by atoms with E-state index in [1.54, 1.807) is 0 Å². The van der Waals surface area contributed by atoms with Gasteiger partial charge in [0.2, 0.25) is 0 Å². The van der Waals surface area contributed by atoms with Gasteiger partial charge in [-0.25, -0.2) is 0 Å². The van der Waals surface area contributed by atoms with E-state index < -0.39 is 6.10 Å². The van der Waals surface area contributed by atoms with Crippen LogP contribution in [0.25, 0.3) is 0 Å². The lowest BCUT2D eigenvalue weighted by atomic mass is 9.88. The zero-order chi connectivity index (χ0) is 14.5. The zero-order valence-corrected chi connectivity index (χ0v) is 12.3. The third-order valence-corrected chi connectivity index (χ3v) is 5.10. The molecule has 0 bridgehead atoms. The number of carbonyl (C=O) groups excluding carboxylic acids is 2. The first-order valence-corrected chi connectivity index (χ1v) is 7.38. The van der Waals surface area contributed by atoms with Gasteiger partial charge in [-0.15, -0.1) is 0 Å². The van der Waals surface area contributed by atoms with Gasteiger partial charge in [-0.05, 0) is 33.1 Å². The molecule has 3 saturated heterocycles. The Morgan fingerprint density at radius 1 is 1.20 bits per heavy atom. The minimum atomic E-state index is -0.711. The molecule has 0 unspecified atom stereocenters. The monoisotopic (exact) mass is 282 g/mol. The maximum absolute atomic E-state index is 11.8. The van der Waals surface area contributed by atoms with Crippen molar-refractivity contribution in [2.45, 2.75) is 76.0 Å². The van der Waals surface area contributed by atoms with Crippen molar-refractivity contribution in [3.63, 3.8) is 0 Å². The number of hydrogen-bond acceptors (Lipinski definition) is 5. The number of carbonyl (C=O) groups is 2. The largest absolute Gasteiger partial charge is 0.454 e. The summed E-state index contributed by atoms with van der Waals surface area (Å²) in [5.41, 5.74) is -0.416. The molecule has 5 nitrogen and oxygen atoms in total. The van der Waals surface area contributed by atoms with Gasteiger partial charge in [0.05, 0.1) is 23.4 Å². The number of fused-ring (bicyclic) bond motifs is 2. The molecule has 20 heavy (non-hydrogen) atoms. The van der Waals surface area contributed by atoms with Gasteiger partial charge < -0.3 is 14.2 Å².